The number of aromatic nitrogens is 4. The Morgan fingerprint density at radius 1 is 1.26 bits per heavy atom. The minimum atomic E-state index is 0.688. The second-order valence-corrected chi connectivity index (χ2v) is 5.81. The van der Waals surface area contributed by atoms with Gasteiger partial charge in [0.05, 0.1) is 6.20 Å². The fourth-order valence-corrected chi connectivity index (χ4v) is 2.73. The molecule has 0 bridgehead atoms. The highest BCUT2D eigenvalue weighted by molar-refractivity contribution is 9.10. The predicted octanol–water partition coefficient (Wildman–Crippen LogP) is 2.35. The summed E-state index contributed by atoms with van der Waals surface area (Å²) in [6.45, 7) is 3.10. The summed E-state index contributed by atoms with van der Waals surface area (Å²) >= 11 is 3.42. The first-order chi connectivity index (χ1) is 9.31. The van der Waals surface area contributed by atoms with Crippen molar-refractivity contribution in [1.29, 1.82) is 0 Å². The summed E-state index contributed by atoms with van der Waals surface area (Å²) in [6.07, 6.45) is 7.88. The molecule has 100 valence electrons. The Kier molecular flexibility index (Phi) is 3.77. The monoisotopic (exact) mass is 321 g/mol. The van der Waals surface area contributed by atoms with Gasteiger partial charge in [-0.1, -0.05) is 5.21 Å². The number of nitrogens with zero attached hydrogens (tertiary/aromatic N) is 5. The van der Waals surface area contributed by atoms with E-state index in [1.807, 2.05) is 23.1 Å². The van der Waals surface area contributed by atoms with Crippen LogP contribution in [0.4, 0.5) is 5.82 Å². The SMILES string of the molecule is Brc1ccc(N2CCC(Cn3ccnn3)CC2)nc1. The van der Waals surface area contributed by atoms with Crippen LogP contribution in [0.15, 0.2) is 35.2 Å². The Hall–Kier alpha value is -1.43. The number of piperidine rings is 1. The molecule has 19 heavy (non-hydrogen) atoms. The van der Waals surface area contributed by atoms with Crippen molar-refractivity contribution in [2.24, 2.45) is 5.92 Å². The Balaban J connectivity index is 1.56. The molecule has 5 nitrogen and oxygen atoms in total. The lowest BCUT2D eigenvalue weighted by molar-refractivity contribution is 0.338. The lowest BCUT2D eigenvalue weighted by atomic mass is 9.97. The first kappa shape index (κ1) is 12.6. The van der Waals surface area contributed by atoms with E-state index in [9.17, 15) is 0 Å². The maximum Gasteiger partial charge on any atom is 0.128 e. The van der Waals surface area contributed by atoms with E-state index >= 15 is 0 Å². The molecule has 6 heteroatoms. The fourth-order valence-electron chi connectivity index (χ4n) is 2.49. The van der Waals surface area contributed by atoms with E-state index in [0.717, 1.165) is 29.9 Å². The third kappa shape index (κ3) is 3.12. The molecule has 0 aromatic carbocycles. The number of hydrogen-bond acceptors (Lipinski definition) is 4. The van der Waals surface area contributed by atoms with Gasteiger partial charge in [-0.3, -0.25) is 4.68 Å². The van der Waals surface area contributed by atoms with E-state index in [0.29, 0.717) is 5.92 Å². The van der Waals surface area contributed by atoms with Crippen LogP contribution in [0.1, 0.15) is 12.8 Å². The molecular formula is C13H16BrN5. The van der Waals surface area contributed by atoms with Crippen LogP contribution in [0.5, 0.6) is 0 Å². The summed E-state index contributed by atoms with van der Waals surface area (Å²) in [5.74, 6) is 1.76. The maximum atomic E-state index is 4.45. The third-order valence-corrected chi connectivity index (χ3v) is 4.04. The Morgan fingerprint density at radius 3 is 2.74 bits per heavy atom. The zero-order chi connectivity index (χ0) is 13.1. The second-order valence-electron chi connectivity index (χ2n) is 4.89. The average molecular weight is 322 g/mol. The van der Waals surface area contributed by atoms with Gasteiger partial charge >= 0.3 is 0 Å². The van der Waals surface area contributed by atoms with E-state index in [1.165, 1.54) is 12.8 Å². The highest BCUT2D eigenvalue weighted by Gasteiger charge is 2.20. The first-order valence-corrected chi connectivity index (χ1v) is 7.31. The minimum absolute atomic E-state index is 0.688. The van der Waals surface area contributed by atoms with Crippen molar-refractivity contribution in [2.45, 2.75) is 19.4 Å². The zero-order valence-electron chi connectivity index (χ0n) is 10.6. The molecule has 0 N–H and O–H groups in total. The molecule has 0 radical (unpaired) electrons. The van der Waals surface area contributed by atoms with Gasteiger partial charge in [0, 0.05) is 36.5 Å². The molecule has 1 aliphatic rings. The van der Waals surface area contributed by atoms with Gasteiger partial charge in [-0.2, -0.15) is 0 Å². The van der Waals surface area contributed by atoms with Crippen LogP contribution in [0, 0.1) is 5.92 Å². The lowest BCUT2D eigenvalue weighted by Gasteiger charge is -2.32. The molecule has 0 unspecified atom stereocenters. The smallest absolute Gasteiger partial charge is 0.128 e. The standard InChI is InChI=1S/C13H16BrN5/c14-12-1-2-13(15-9-12)18-6-3-11(4-7-18)10-19-8-5-16-17-19/h1-2,5,8-9,11H,3-4,6-7,10H2. The quantitative estimate of drug-likeness (QED) is 0.870. The predicted molar refractivity (Wildman–Crippen MR) is 76.9 cm³/mol. The highest BCUT2D eigenvalue weighted by atomic mass is 79.9. The fraction of sp³-hybridized carbons (Fsp3) is 0.462. The summed E-state index contributed by atoms with van der Waals surface area (Å²) in [5, 5.41) is 7.88. The number of anilines is 1. The van der Waals surface area contributed by atoms with Crippen molar-refractivity contribution in [2.75, 3.05) is 18.0 Å². The van der Waals surface area contributed by atoms with Crippen molar-refractivity contribution in [3.05, 3.63) is 35.2 Å². The molecule has 1 fully saturated rings. The van der Waals surface area contributed by atoms with Crippen LogP contribution in [0.25, 0.3) is 0 Å². The van der Waals surface area contributed by atoms with Gasteiger partial charge < -0.3 is 4.90 Å². The zero-order valence-corrected chi connectivity index (χ0v) is 12.2. The Bertz CT molecular complexity index is 502. The summed E-state index contributed by atoms with van der Waals surface area (Å²) in [4.78, 5) is 6.81. The lowest BCUT2D eigenvalue weighted by Crippen LogP contribution is -2.35. The van der Waals surface area contributed by atoms with Gasteiger partial charge in [-0.25, -0.2) is 4.98 Å². The molecule has 1 saturated heterocycles. The molecule has 0 saturated carbocycles. The van der Waals surface area contributed by atoms with Gasteiger partial charge in [0.2, 0.25) is 0 Å². The van der Waals surface area contributed by atoms with Crippen LogP contribution < -0.4 is 4.90 Å². The number of halogens is 1. The summed E-state index contributed by atoms with van der Waals surface area (Å²) in [5.41, 5.74) is 0. The van der Waals surface area contributed by atoms with Crippen molar-refractivity contribution < 1.29 is 0 Å². The van der Waals surface area contributed by atoms with E-state index in [4.69, 9.17) is 0 Å². The Labute approximate surface area is 120 Å². The maximum absolute atomic E-state index is 4.45. The molecule has 3 rings (SSSR count). The van der Waals surface area contributed by atoms with E-state index in [-0.39, 0.29) is 0 Å². The third-order valence-electron chi connectivity index (χ3n) is 3.57. The van der Waals surface area contributed by atoms with E-state index in [1.54, 1.807) is 6.20 Å². The van der Waals surface area contributed by atoms with Gasteiger partial charge in [-0.05, 0) is 46.8 Å². The molecular weight excluding hydrogens is 306 g/mol. The largest absolute Gasteiger partial charge is 0.357 e. The Morgan fingerprint density at radius 2 is 2.11 bits per heavy atom. The molecule has 0 amide bonds. The van der Waals surface area contributed by atoms with Crippen LogP contribution in [0.2, 0.25) is 0 Å². The normalized spacial score (nSPS) is 16.8. The van der Waals surface area contributed by atoms with E-state index < -0.39 is 0 Å². The summed E-state index contributed by atoms with van der Waals surface area (Å²) in [6, 6.07) is 4.12. The molecule has 3 heterocycles. The van der Waals surface area contributed by atoms with Crippen LogP contribution in [0.3, 0.4) is 0 Å². The van der Waals surface area contributed by atoms with Crippen molar-refractivity contribution in [3.63, 3.8) is 0 Å². The minimum Gasteiger partial charge on any atom is -0.357 e. The van der Waals surface area contributed by atoms with Gasteiger partial charge in [0.1, 0.15) is 5.82 Å². The summed E-state index contributed by atoms with van der Waals surface area (Å²) < 4.78 is 2.95. The van der Waals surface area contributed by atoms with Crippen LogP contribution in [-0.2, 0) is 6.54 Å². The van der Waals surface area contributed by atoms with Crippen LogP contribution in [-0.4, -0.2) is 33.1 Å². The van der Waals surface area contributed by atoms with Gasteiger partial charge in [0.25, 0.3) is 0 Å². The number of pyridine rings is 1. The highest BCUT2D eigenvalue weighted by Crippen LogP contribution is 2.23. The molecule has 2 aromatic heterocycles. The summed E-state index contributed by atoms with van der Waals surface area (Å²) in [7, 11) is 0. The first-order valence-electron chi connectivity index (χ1n) is 6.52. The van der Waals surface area contributed by atoms with Crippen LogP contribution >= 0.6 is 15.9 Å². The van der Waals surface area contributed by atoms with E-state index in [2.05, 4.69) is 42.2 Å². The molecule has 0 spiro atoms. The topological polar surface area (TPSA) is 46.8 Å². The van der Waals surface area contributed by atoms with Crippen molar-refractivity contribution in [3.8, 4) is 0 Å². The van der Waals surface area contributed by atoms with Crippen molar-refractivity contribution >= 4 is 21.7 Å². The van der Waals surface area contributed by atoms with Crippen molar-refractivity contribution in [1.82, 2.24) is 20.0 Å². The molecule has 0 aliphatic carbocycles. The average Bonchev–Trinajstić information content (AvgIpc) is 2.94. The van der Waals surface area contributed by atoms with Gasteiger partial charge in [0.15, 0.2) is 0 Å². The number of hydrogen-bond donors (Lipinski definition) is 0. The second kappa shape index (κ2) is 5.69. The molecule has 0 atom stereocenters. The molecule has 2 aromatic rings. The number of rotatable bonds is 3. The van der Waals surface area contributed by atoms with Gasteiger partial charge in [-0.15, -0.1) is 5.10 Å². The molecule has 1 aliphatic heterocycles.